The highest BCUT2D eigenvalue weighted by molar-refractivity contribution is 5.85. The number of aliphatic hydroxyl groups excluding tert-OH is 1. The van der Waals surface area contributed by atoms with Gasteiger partial charge in [-0.3, -0.25) is 0 Å². The smallest absolute Gasteiger partial charge is 0.395 e. The topological polar surface area (TPSA) is 64.7 Å². The number of aliphatic hydroxyl groups is 1. The number of halogens is 3. The maximum absolute atomic E-state index is 12.8. The molecule has 17 heavy (non-hydrogen) atoms. The Morgan fingerprint density at radius 2 is 2.00 bits per heavy atom. The number of alkyl halides is 2. The highest BCUT2D eigenvalue weighted by Crippen LogP contribution is 2.45. The molecule has 96 valence electrons. The fraction of sp³-hybridized carbons (Fsp3) is 0.400. The second-order valence-electron chi connectivity index (χ2n) is 3.61. The number of hydrogen-bond acceptors (Lipinski definition) is 4. The minimum absolute atomic E-state index is 0. The maximum atomic E-state index is 12.8. The van der Waals surface area contributed by atoms with Gasteiger partial charge in [-0.15, -0.1) is 21.2 Å². The highest BCUT2D eigenvalue weighted by atomic mass is 35.5. The lowest BCUT2D eigenvalue weighted by Gasteiger charge is -2.16. The first-order valence-corrected chi connectivity index (χ1v) is 4.73. The number of ether oxygens (including phenoxy) is 2. The van der Waals surface area contributed by atoms with Crippen LogP contribution in [0.25, 0.3) is 0 Å². The van der Waals surface area contributed by atoms with Crippen LogP contribution in [0.2, 0.25) is 0 Å². The minimum Gasteiger partial charge on any atom is -0.395 e. The van der Waals surface area contributed by atoms with Gasteiger partial charge in [0.1, 0.15) is 0 Å². The third-order valence-electron chi connectivity index (χ3n) is 2.34. The van der Waals surface area contributed by atoms with Gasteiger partial charge in [0.25, 0.3) is 0 Å². The number of benzene rings is 1. The van der Waals surface area contributed by atoms with Crippen LogP contribution in [0.5, 0.6) is 11.5 Å². The van der Waals surface area contributed by atoms with Crippen LogP contribution in [0.1, 0.15) is 18.5 Å². The molecule has 2 atom stereocenters. The fourth-order valence-electron chi connectivity index (χ4n) is 1.51. The maximum Gasteiger partial charge on any atom is 0.586 e. The summed E-state index contributed by atoms with van der Waals surface area (Å²) in [5.74, 6) is -0.181. The standard InChI is InChI=1S/C10H11F2NO3.ClH/c1-5(14)8(13)6-3-2-4-7-9(6)16-10(11,12)15-7;/h2-5,8,14H,13H2,1H3;1H/t5-,8-;/m0./s1. The van der Waals surface area contributed by atoms with Gasteiger partial charge >= 0.3 is 6.29 Å². The molecule has 0 bridgehead atoms. The molecule has 0 aliphatic carbocycles. The average molecular weight is 268 g/mol. The van der Waals surface area contributed by atoms with E-state index in [0.717, 1.165) is 0 Å². The zero-order chi connectivity index (χ0) is 11.9. The van der Waals surface area contributed by atoms with Gasteiger partial charge in [0.05, 0.1) is 12.1 Å². The molecule has 1 aromatic carbocycles. The summed E-state index contributed by atoms with van der Waals surface area (Å²) >= 11 is 0. The van der Waals surface area contributed by atoms with E-state index in [1.54, 1.807) is 0 Å². The van der Waals surface area contributed by atoms with Crippen molar-refractivity contribution < 1.29 is 23.4 Å². The van der Waals surface area contributed by atoms with Crippen LogP contribution in [0, 0.1) is 0 Å². The molecular formula is C10H12ClF2NO3. The van der Waals surface area contributed by atoms with Crippen LogP contribution < -0.4 is 15.2 Å². The number of rotatable bonds is 2. The van der Waals surface area contributed by atoms with Crippen molar-refractivity contribution in [2.24, 2.45) is 5.73 Å². The Bertz CT molecular complexity index is 415. The second kappa shape index (κ2) is 4.64. The van der Waals surface area contributed by atoms with Crippen molar-refractivity contribution >= 4 is 12.4 Å². The van der Waals surface area contributed by atoms with E-state index in [1.165, 1.54) is 25.1 Å². The number of fused-ring (bicyclic) bond motifs is 1. The molecule has 3 N–H and O–H groups in total. The molecule has 0 saturated carbocycles. The summed E-state index contributed by atoms with van der Waals surface area (Å²) in [4.78, 5) is 0. The van der Waals surface area contributed by atoms with Crippen LogP contribution in [-0.2, 0) is 0 Å². The van der Waals surface area contributed by atoms with Crippen LogP contribution in [0.15, 0.2) is 18.2 Å². The molecule has 1 aliphatic heterocycles. The van der Waals surface area contributed by atoms with E-state index in [2.05, 4.69) is 9.47 Å². The molecule has 1 aromatic rings. The van der Waals surface area contributed by atoms with Gasteiger partial charge in [-0.1, -0.05) is 12.1 Å². The number of para-hydroxylation sites is 1. The van der Waals surface area contributed by atoms with Gasteiger partial charge in [-0.25, -0.2) is 0 Å². The van der Waals surface area contributed by atoms with E-state index in [4.69, 9.17) is 5.73 Å². The van der Waals surface area contributed by atoms with E-state index < -0.39 is 18.4 Å². The van der Waals surface area contributed by atoms with E-state index >= 15 is 0 Å². The quantitative estimate of drug-likeness (QED) is 0.858. The van der Waals surface area contributed by atoms with Crippen molar-refractivity contribution in [1.29, 1.82) is 0 Å². The third-order valence-corrected chi connectivity index (χ3v) is 2.34. The second-order valence-corrected chi connectivity index (χ2v) is 3.61. The molecule has 0 spiro atoms. The van der Waals surface area contributed by atoms with E-state index in [0.29, 0.717) is 5.56 Å². The summed E-state index contributed by atoms with van der Waals surface area (Å²) in [6, 6.07) is 3.59. The van der Waals surface area contributed by atoms with Gasteiger partial charge in [0.15, 0.2) is 11.5 Å². The van der Waals surface area contributed by atoms with Crippen LogP contribution >= 0.6 is 12.4 Å². The first kappa shape index (κ1) is 14.0. The van der Waals surface area contributed by atoms with Gasteiger partial charge < -0.3 is 20.3 Å². The monoisotopic (exact) mass is 267 g/mol. The first-order valence-electron chi connectivity index (χ1n) is 4.73. The van der Waals surface area contributed by atoms with Crippen molar-refractivity contribution in [2.45, 2.75) is 25.4 Å². The predicted octanol–water partition coefficient (Wildman–Crippen LogP) is 1.81. The predicted molar refractivity (Wildman–Crippen MR) is 58.5 cm³/mol. The third kappa shape index (κ3) is 2.59. The fourth-order valence-corrected chi connectivity index (χ4v) is 1.51. The first-order chi connectivity index (χ1) is 7.41. The Kier molecular flexibility index (Phi) is 3.81. The lowest BCUT2D eigenvalue weighted by atomic mass is 10.0. The van der Waals surface area contributed by atoms with E-state index in [9.17, 15) is 13.9 Å². The molecule has 0 fully saturated rings. The van der Waals surface area contributed by atoms with Crippen molar-refractivity contribution in [1.82, 2.24) is 0 Å². The lowest BCUT2D eigenvalue weighted by molar-refractivity contribution is -0.287. The molecule has 1 heterocycles. The summed E-state index contributed by atoms with van der Waals surface area (Å²) in [7, 11) is 0. The van der Waals surface area contributed by atoms with Crippen molar-refractivity contribution in [3.8, 4) is 11.5 Å². The molecule has 0 saturated heterocycles. The van der Waals surface area contributed by atoms with Crippen molar-refractivity contribution in [3.63, 3.8) is 0 Å². The molecular weight excluding hydrogens is 256 g/mol. The average Bonchev–Trinajstić information content (AvgIpc) is 2.49. The Morgan fingerprint density at radius 3 is 2.59 bits per heavy atom. The molecule has 0 unspecified atom stereocenters. The Balaban J connectivity index is 0.00000144. The minimum atomic E-state index is -3.67. The number of nitrogens with two attached hydrogens (primary N) is 1. The lowest BCUT2D eigenvalue weighted by Crippen LogP contribution is -2.27. The molecule has 0 aromatic heterocycles. The molecule has 0 radical (unpaired) electrons. The summed E-state index contributed by atoms with van der Waals surface area (Å²) < 4.78 is 34.3. The van der Waals surface area contributed by atoms with Crippen molar-refractivity contribution in [3.05, 3.63) is 23.8 Å². The zero-order valence-electron chi connectivity index (χ0n) is 8.89. The largest absolute Gasteiger partial charge is 0.586 e. The number of hydrogen-bond donors (Lipinski definition) is 2. The zero-order valence-corrected chi connectivity index (χ0v) is 9.71. The summed E-state index contributed by atoms with van der Waals surface area (Å²) in [5.41, 5.74) is 5.96. The molecule has 0 amide bonds. The highest BCUT2D eigenvalue weighted by Gasteiger charge is 2.45. The van der Waals surface area contributed by atoms with Crippen LogP contribution in [0.3, 0.4) is 0 Å². The van der Waals surface area contributed by atoms with Gasteiger partial charge in [-0.05, 0) is 13.0 Å². The summed E-state index contributed by atoms with van der Waals surface area (Å²) in [5, 5.41) is 9.33. The normalized spacial score (nSPS) is 19.4. The Hall–Kier alpha value is -1.11. The Morgan fingerprint density at radius 1 is 1.35 bits per heavy atom. The molecule has 4 nitrogen and oxygen atoms in total. The van der Waals surface area contributed by atoms with Crippen LogP contribution in [0.4, 0.5) is 8.78 Å². The SMILES string of the molecule is C[C@H](O)[C@H](N)c1cccc2c1OC(F)(F)O2.Cl. The summed E-state index contributed by atoms with van der Waals surface area (Å²) in [6.45, 7) is 1.47. The molecule has 7 heteroatoms. The van der Waals surface area contributed by atoms with Gasteiger partial charge in [0, 0.05) is 5.56 Å². The van der Waals surface area contributed by atoms with Crippen molar-refractivity contribution in [2.75, 3.05) is 0 Å². The van der Waals surface area contributed by atoms with E-state index in [1.807, 2.05) is 0 Å². The van der Waals surface area contributed by atoms with E-state index in [-0.39, 0.29) is 23.9 Å². The van der Waals surface area contributed by atoms with Crippen LogP contribution in [-0.4, -0.2) is 17.5 Å². The molecule has 1 aliphatic rings. The van der Waals surface area contributed by atoms with Gasteiger partial charge in [-0.2, -0.15) is 0 Å². The Labute approximate surface area is 103 Å². The van der Waals surface area contributed by atoms with Gasteiger partial charge in [0.2, 0.25) is 0 Å². The summed E-state index contributed by atoms with van der Waals surface area (Å²) in [6.07, 6.45) is -4.54. The molecule has 2 rings (SSSR count).